The van der Waals surface area contributed by atoms with Crippen molar-refractivity contribution < 1.29 is 22.5 Å². The molecule has 0 atom stereocenters. The molecule has 3 aromatic rings. The minimum absolute atomic E-state index is 0.0362. The highest BCUT2D eigenvalue weighted by Gasteiger charge is 2.16. The second-order valence-corrected chi connectivity index (χ2v) is 9.14. The van der Waals surface area contributed by atoms with E-state index in [-0.39, 0.29) is 16.6 Å². The summed E-state index contributed by atoms with van der Waals surface area (Å²) in [6.07, 6.45) is 0.960. The Morgan fingerprint density at radius 1 is 1.10 bits per heavy atom. The van der Waals surface area contributed by atoms with Crippen molar-refractivity contribution >= 4 is 27.4 Å². The summed E-state index contributed by atoms with van der Waals surface area (Å²) in [5, 5.41) is 6.36. The van der Waals surface area contributed by atoms with Gasteiger partial charge >= 0.3 is 0 Å². The standard InChI is InChI=1S/C22H25N3O5S/c1-15(2)12-13-29-19-8-4-17(5-9-19)22(26)23-18-6-10-20(11-7-18)31(27,28)25-21-14-16(3)30-24-21/h4-11,14-15H,12-13H2,1-3H3,(H,23,26)(H,24,25). The van der Waals surface area contributed by atoms with Gasteiger partial charge in [-0.25, -0.2) is 8.42 Å². The van der Waals surface area contributed by atoms with Crippen molar-refractivity contribution in [3.8, 4) is 5.75 Å². The Balaban J connectivity index is 1.59. The smallest absolute Gasteiger partial charge is 0.263 e. The Hall–Kier alpha value is -3.33. The van der Waals surface area contributed by atoms with E-state index in [9.17, 15) is 13.2 Å². The molecule has 0 unspecified atom stereocenters. The number of aromatic nitrogens is 1. The zero-order valence-electron chi connectivity index (χ0n) is 17.6. The lowest BCUT2D eigenvalue weighted by molar-refractivity contribution is 0.102. The van der Waals surface area contributed by atoms with Crippen LogP contribution in [0.3, 0.4) is 0 Å². The first-order chi connectivity index (χ1) is 14.7. The summed E-state index contributed by atoms with van der Waals surface area (Å²) in [4.78, 5) is 12.5. The molecular formula is C22H25N3O5S. The third-order valence-corrected chi connectivity index (χ3v) is 5.74. The van der Waals surface area contributed by atoms with Crippen LogP contribution in [0.5, 0.6) is 5.75 Å². The van der Waals surface area contributed by atoms with Crippen molar-refractivity contribution in [2.75, 3.05) is 16.6 Å². The van der Waals surface area contributed by atoms with Gasteiger partial charge in [0.2, 0.25) is 0 Å². The van der Waals surface area contributed by atoms with Gasteiger partial charge in [0.15, 0.2) is 5.82 Å². The molecule has 0 spiro atoms. The largest absolute Gasteiger partial charge is 0.494 e. The number of amides is 1. The Kier molecular flexibility index (Phi) is 6.96. The van der Waals surface area contributed by atoms with Crippen molar-refractivity contribution in [1.29, 1.82) is 0 Å². The van der Waals surface area contributed by atoms with Crippen molar-refractivity contribution in [3.05, 3.63) is 65.9 Å². The summed E-state index contributed by atoms with van der Waals surface area (Å²) in [6.45, 7) is 6.55. The fourth-order valence-electron chi connectivity index (χ4n) is 2.65. The Labute approximate surface area is 181 Å². The van der Waals surface area contributed by atoms with E-state index in [4.69, 9.17) is 9.26 Å². The monoisotopic (exact) mass is 443 g/mol. The quantitative estimate of drug-likeness (QED) is 0.505. The summed E-state index contributed by atoms with van der Waals surface area (Å²) >= 11 is 0. The topological polar surface area (TPSA) is 111 Å². The first kappa shape index (κ1) is 22.4. The number of sulfonamides is 1. The van der Waals surface area contributed by atoms with E-state index < -0.39 is 10.0 Å². The van der Waals surface area contributed by atoms with Crippen LogP contribution in [0, 0.1) is 12.8 Å². The van der Waals surface area contributed by atoms with Crippen LogP contribution in [0.2, 0.25) is 0 Å². The van der Waals surface area contributed by atoms with Gasteiger partial charge in [-0.3, -0.25) is 9.52 Å². The average Bonchev–Trinajstić information content (AvgIpc) is 3.12. The number of nitrogens with one attached hydrogen (secondary N) is 2. The van der Waals surface area contributed by atoms with Gasteiger partial charge in [-0.1, -0.05) is 19.0 Å². The van der Waals surface area contributed by atoms with Crippen LogP contribution in [0.1, 0.15) is 36.4 Å². The number of hydrogen-bond donors (Lipinski definition) is 2. The van der Waals surface area contributed by atoms with E-state index in [1.807, 2.05) is 0 Å². The maximum Gasteiger partial charge on any atom is 0.263 e. The van der Waals surface area contributed by atoms with Gasteiger partial charge in [-0.15, -0.1) is 0 Å². The molecule has 3 rings (SSSR count). The number of anilines is 2. The SMILES string of the molecule is Cc1cc(NS(=O)(=O)c2ccc(NC(=O)c3ccc(OCCC(C)C)cc3)cc2)no1. The van der Waals surface area contributed by atoms with Gasteiger partial charge in [-0.2, -0.15) is 0 Å². The predicted molar refractivity (Wildman–Crippen MR) is 118 cm³/mol. The highest BCUT2D eigenvalue weighted by atomic mass is 32.2. The molecular weight excluding hydrogens is 418 g/mol. The molecule has 0 aliphatic heterocycles. The highest BCUT2D eigenvalue weighted by Crippen LogP contribution is 2.19. The van der Waals surface area contributed by atoms with E-state index in [0.29, 0.717) is 35.3 Å². The lowest BCUT2D eigenvalue weighted by Gasteiger charge is -2.10. The van der Waals surface area contributed by atoms with Crippen molar-refractivity contribution in [2.45, 2.75) is 32.1 Å². The highest BCUT2D eigenvalue weighted by molar-refractivity contribution is 7.92. The maximum absolute atomic E-state index is 12.5. The first-order valence-electron chi connectivity index (χ1n) is 9.83. The van der Waals surface area contributed by atoms with Crippen LogP contribution < -0.4 is 14.8 Å². The molecule has 2 N–H and O–H groups in total. The number of hydrogen-bond acceptors (Lipinski definition) is 6. The van der Waals surface area contributed by atoms with E-state index in [0.717, 1.165) is 6.42 Å². The van der Waals surface area contributed by atoms with Gasteiger partial charge in [0, 0.05) is 17.3 Å². The summed E-state index contributed by atoms with van der Waals surface area (Å²) in [7, 11) is -3.81. The second kappa shape index (κ2) is 9.65. The molecule has 9 heteroatoms. The fraction of sp³-hybridized carbons (Fsp3) is 0.273. The number of carbonyl (C=O) groups is 1. The van der Waals surface area contributed by atoms with Gasteiger partial charge in [-0.05, 0) is 67.8 Å². The summed E-state index contributed by atoms with van der Waals surface area (Å²) in [6, 6.07) is 14.2. The maximum atomic E-state index is 12.5. The Bertz CT molecular complexity index is 1120. The van der Waals surface area contributed by atoms with Crippen LogP contribution in [-0.4, -0.2) is 26.1 Å². The van der Waals surface area contributed by atoms with Crippen LogP contribution in [-0.2, 0) is 10.0 Å². The second-order valence-electron chi connectivity index (χ2n) is 7.46. The number of benzene rings is 2. The molecule has 0 aliphatic carbocycles. The summed E-state index contributed by atoms with van der Waals surface area (Å²) in [5.41, 5.74) is 0.939. The van der Waals surface area contributed by atoms with E-state index in [2.05, 4.69) is 29.0 Å². The first-order valence-corrected chi connectivity index (χ1v) is 11.3. The van der Waals surface area contributed by atoms with Crippen LogP contribution in [0.4, 0.5) is 11.5 Å². The number of ether oxygens (including phenoxy) is 1. The summed E-state index contributed by atoms with van der Waals surface area (Å²) in [5.74, 6) is 1.56. The third kappa shape index (κ3) is 6.32. The van der Waals surface area contributed by atoms with Gasteiger partial charge in [0.1, 0.15) is 11.5 Å². The van der Waals surface area contributed by atoms with E-state index in [1.165, 1.54) is 30.3 Å². The lowest BCUT2D eigenvalue weighted by Crippen LogP contribution is -2.14. The number of aryl methyl sites for hydroxylation is 1. The minimum atomic E-state index is -3.81. The van der Waals surface area contributed by atoms with Crippen molar-refractivity contribution in [3.63, 3.8) is 0 Å². The zero-order chi connectivity index (χ0) is 22.4. The van der Waals surface area contributed by atoms with Crippen LogP contribution in [0.15, 0.2) is 64.0 Å². The molecule has 31 heavy (non-hydrogen) atoms. The molecule has 164 valence electrons. The van der Waals surface area contributed by atoms with Crippen LogP contribution in [0.25, 0.3) is 0 Å². The predicted octanol–water partition coefficient (Wildman–Crippen LogP) is 4.46. The van der Waals surface area contributed by atoms with Crippen molar-refractivity contribution in [1.82, 2.24) is 5.16 Å². The third-order valence-electron chi connectivity index (χ3n) is 4.37. The molecule has 2 aromatic carbocycles. The van der Waals surface area contributed by atoms with Gasteiger partial charge in [0.05, 0.1) is 11.5 Å². The molecule has 1 aromatic heterocycles. The van der Waals surface area contributed by atoms with Gasteiger partial charge in [0.25, 0.3) is 15.9 Å². The molecule has 0 saturated heterocycles. The van der Waals surface area contributed by atoms with Gasteiger partial charge < -0.3 is 14.6 Å². The molecule has 0 aliphatic rings. The van der Waals surface area contributed by atoms with Crippen molar-refractivity contribution in [2.24, 2.45) is 5.92 Å². The van der Waals surface area contributed by atoms with E-state index >= 15 is 0 Å². The number of nitrogens with zero attached hydrogens (tertiary/aromatic N) is 1. The normalized spacial score (nSPS) is 11.4. The molecule has 1 amide bonds. The lowest BCUT2D eigenvalue weighted by atomic mass is 10.1. The Morgan fingerprint density at radius 2 is 1.77 bits per heavy atom. The fourth-order valence-corrected chi connectivity index (χ4v) is 3.63. The average molecular weight is 444 g/mol. The summed E-state index contributed by atoms with van der Waals surface area (Å²) < 4.78 is 37.7. The zero-order valence-corrected chi connectivity index (χ0v) is 18.4. The minimum Gasteiger partial charge on any atom is -0.494 e. The van der Waals surface area contributed by atoms with Crippen LogP contribution >= 0.6 is 0 Å². The van der Waals surface area contributed by atoms with E-state index in [1.54, 1.807) is 31.2 Å². The molecule has 8 nitrogen and oxygen atoms in total. The molecule has 1 heterocycles. The molecule has 0 saturated carbocycles. The molecule has 0 radical (unpaired) electrons. The molecule has 0 bridgehead atoms. The number of carbonyl (C=O) groups excluding carboxylic acids is 1. The molecule has 0 fully saturated rings. The Morgan fingerprint density at radius 3 is 2.35 bits per heavy atom. The number of rotatable bonds is 9.